The summed E-state index contributed by atoms with van der Waals surface area (Å²) in [6.07, 6.45) is 3.38. The highest BCUT2D eigenvalue weighted by Gasteiger charge is 2.25. The van der Waals surface area contributed by atoms with Crippen LogP contribution in [0.15, 0.2) is 42.5 Å². The fourth-order valence-electron chi connectivity index (χ4n) is 3.48. The molecule has 3 rings (SSSR count). The molecule has 1 aliphatic heterocycles. The number of benzene rings is 2. The number of nitro groups is 1. The first-order valence-corrected chi connectivity index (χ1v) is 8.89. The number of aryl methyl sites for hydroxylation is 1. The van der Waals surface area contributed by atoms with E-state index in [9.17, 15) is 10.1 Å². The molecule has 0 aliphatic carbocycles. The quantitative estimate of drug-likeness (QED) is 0.622. The van der Waals surface area contributed by atoms with Crippen LogP contribution < -0.4 is 10.2 Å². The van der Waals surface area contributed by atoms with Crippen molar-refractivity contribution >= 4 is 17.1 Å². The summed E-state index contributed by atoms with van der Waals surface area (Å²) in [5.74, 6) is 0. The van der Waals surface area contributed by atoms with Crippen LogP contribution >= 0.6 is 0 Å². The molecule has 5 nitrogen and oxygen atoms in total. The third-order valence-electron chi connectivity index (χ3n) is 4.86. The number of nitrogens with one attached hydrogen (secondary N) is 1. The molecule has 1 atom stereocenters. The van der Waals surface area contributed by atoms with Crippen LogP contribution in [0.2, 0.25) is 0 Å². The average molecular weight is 339 g/mol. The van der Waals surface area contributed by atoms with E-state index in [1.54, 1.807) is 6.07 Å². The van der Waals surface area contributed by atoms with Crippen LogP contribution in [-0.4, -0.2) is 17.5 Å². The molecule has 1 unspecified atom stereocenters. The van der Waals surface area contributed by atoms with Gasteiger partial charge < -0.3 is 10.2 Å². The minimum atomic E-state index is -0.257. The summed E-state index contributed by atoms with van der Waals surface area (Å²) >= 11 is 0. The van der Waals surface area contributed by atoms with Crippen molar-refractivity contribution in [3.05, 3.63) is 63.7 Å². The summed E-state index contributed by atoms with van der Waals surface area (Å²) in [6.45, 7) is 5.66. The number of hydrogen-bond acceptors (Lipinski definition) is 4. The van der Waals surface area contributed by atoms with Crippen molar-refractivity contribution in [3.8, 4) is 0 Å². The Hall–Kier alpha value is -2.56. The Morgan fingerprint density at radius 1 is 1.24 bits per heavy atom. The lowest BCUT2D eigenvalue weighted by Gasteiger charge is -2.35. The van der Waals surface area contributed by atoms with Crippen molar-refractivity contribution in [1.29, 1.82) is 0 Å². The van der Waals surface area contributed by atoms with Gasteiger partial charge in [-0.05, 0) is 62.4 Å². The molecule has 1 heterocycles. The van der Waals surface area contributed by atoms with E-state index in [1.165, 1.54) is 12.0 Å². The molecule has 25 heavy (non-hydrogen) atoms. The summed E-state index contributed by atoms with van der Waals surface area (Å²) in [5, 5.41) is 14.9. The number of hydrogen-bond donors (Lipinski definition) is 1. The van der Waals surface area contributed by atoms with E-state index in [4.69, 9.17) is 0 Å². The van der Waals surface area contributed by atoms with Crippen molar-refractivity contribution in [1.82, 2.24) is 0 Å². The zero-order valence-corrected chi connectivity index (χ0v) is 14.9. The van der Waals surface area contributed by atoms with E-state index in [1.807, 2.05) is 37.3 Å². The normalized spacial score (nSPS) is 17.4. The SMILES string of the molecule is Cc1cccc(NCc2ccc(N3CCCCC3C)c([N+](=O)[O-])c2)c1. The predicted octanol–water partition coefficient (Wildman–Crippen LogP) is 4.89. The second-order valence-corrected chi connectivity index (χ2v) is 6.84. The maximum absolute atomic E-state index is 11.6. The Balaban J connectivity index is 1.80. The van der Waals surface area contributed by atoms with Gasteiger partial charge in [0.2, 0.25) is 0 Å². The number of piperidine rings is 1. The highest BCUT2D eigenvalue weighted by molar-refractivity contribution is 5.65. The van der Waals surface area contributed by atoms with E-state index in [2.05, 4.69) is 23.2 Å². The highest BCUT2D eigenvalue weighted by Crippen LogP contribution is 2.33. The first kappa shape index (κ1) is 17.3. The summed E-state index contributed by atoms with van der Waals surface area (Å²) < 4.78 is 0. The smallest absolute Gasteiger partial charge is 0.292 e. The lowest BCUT2D eigenvalue weighted by Crippen LogP contribution is -2.37. The van der Waals surface area contributed by atoms with Crippen molar-refractivity contribution in [3.63, 3.8) is 0 Å². The van der Waals surface area contributed by atoms with Crippen LogP contribution in [0.25, 0.3) is 0 Å². The first-order chi connectivity index (χ1) is 12.0. The van der Waals surface area contributed by atoms with Gasteiger partial charge >= 0.3 is 0 Å². The molecule has 1 saturated heterocycles. The molecule has 5 heteroatoms. The average Bonchev–Trinajstić information content (AvgIpc) is 2.60. The fourth-order valence-corrected chi connectivity index (χ4v) is 3.48. The molecule has 0 radical (unpaired) electrons. The summed E-state index contributed by atoms with van der Waals surface area (Å²) in [6, 6.07) is 14.1. The number of nitrogens with zero attached hydrogens (tertiary/aromatic N) is 2. The number of rotatable bonds is 5. The lowest BCUT2D eigenvalue weighted by atomic mass is 10.0. The molecule has 0 spiro atoms. The van der Waals surface area contributed by atoms with Gasteiger partial charge in [-0.15, -0.1) is 0 Å². The van der Waals surface area contributed by atoms with Gasteiger partial charge in [-0.3, -0.25) is 10.1 Å². The minimum absolute atomic E-state index is 0.206. The molecule has 1 N–H and O–H groups in total. The van der Waals surface area contributed by atoms with E-state index < -0.39 is 0 Å². The van der Waals surface area contributed by atoms with Crippen molar-refractivity contribution < 1.29 is 4.92 Å². The van der Waals surface area contributed by atoms with Crippen LogP contribution in [0.3, 0.4) is 0 Å². The van der Waals surface area contributed by atoms with Gasteiger partial charge in [0.15, 0.2) is 0 Å². The van der Waals surface area contributed by atoms with Crippen LogP contribution in [0.1, 0.15) is 37.3 Å². The van der Waals surface area contributed by atoms with Crippen LogP contribution in [0.4, 0.5) is 17.1 Å². The third-order valence-corrected chi connectivity index (χ3v) is 4.86. The summed E-state index contributed by atoms with van der Waals surface area (Å²) in [5.41, 5.74) is 4.08. The topological polar surface area (TPSA) is 58.4 Å². The maximum Gasteiger partial charge on any atom is 0.292 e. The molecule has 132 valence electrons. The molecule has 0 saturated carbocycles. The molecular weight excluding hydrogens is 314 g/mol. The molecule has 0 amide bonds. The molecular formula is C20H25N3O2. The molecule has 1 fully saturated rings. The molecule has 2 aromatic carbocycles. The van der Waals surface area contributed by atoms with Gasteiger partial charge in [-0.25, -0.2) is 0 Å². The Morgan fingerprint density at radius 3 is 2.80 bits per heavy atom. The van der Waals surface area contributed by atoms with Gasteiger partial charge in [0, 0.05) is 30.9 Å². The number of nitro benzene ring substituents is 1. The lowest BCUT2D eigenvalue weighted by molar-refractivity contribution is -0.384. The van der Waals surface area contributed by atoms with E-state index >= 15 is 0 Å². The Morgan fingerprint density at radius 2 is 2.08 bits per heavy atom. The Labute approximate surface area is 148 Å². The van der Waals surface area contributed by atoms with Crippen molar-refractivity contribution in [2.75, 3.05) is 16.8 Å². The van der Waals surface area contributed by atoms with Gasteiger partial charge in [-0.2, -0.15) is 0 Å². The summed E-state index contributed by atoms with van der Waals surface area (Å²) in [7, 11) is 0. The second-order valence-electron chi connectivity index (χ2n) is 6.84. The van der Waals surface area contributed by atoms with Crippen LogP contribution in [-0.2, 0) is 6.54 Å². The second kappa shape index (κ2) is 7.55. The largest absolute Gasteiger partial charge is 0.381 e. The molecule has 2 aromatic rings. The maximum atomic E-state index is 11.6. The third kappa shape index (κ3) is 4.10. The zero-order valence-electron chi connectivity index (χ0n) is 14.9. The van der Waals surface area contributed by atoms with Gasteiger partial charge in [-0.1, -0.05) is 18.2 Å². The van der Waals surface area contributed by atoms with E-state index in [-0.39, 0.29) is 10.6 Å². The van der Waals surface area contributed by atoms with E-state index in [0.717, 1.165) is 36.3 Å². The zero-order chi connectivity index (χ0) is 17.8. The molecule has 0 bridgehead atoms. The summed E-state index contributed by atoms with van der Waals surface area (Å²) in [4.78, 5) is 13.5. The van der Waals surface area contributed by atoms with Gasteiger partial charge in [0.05, 0.1) is 4.92 Å². The Kier molecular flexibility index (Phi) is 5.22. The highest BCUT2D eigenvalue weighted by atomic mass is 16.6. The van der Waals surface area contributed by atoms with Crippen LogP contribution in [0.5, 0.6) is 0 Å². The Bertz CT molecular complexity index is 760. The van der Waals surface area contributed by atoms with Gasteiger partial charge in [0.25, 0.3) is 5.69 Å². The molecule has 0 aromatic heterocycles. The van der Waals surface area contributed by atoms with Crippen molar-refractivity contribution in [2.45, 2.75) is 45.7 Å². The van der Waals surface area contributed by atoms with Crippen molar-refractivity contribution in [2.24, 2.45) is 0 Å². The fraction of sp³-hybridized carbons (Fsp3) is 0.400. The molecule has 1 aliphatic rings. The first-order valence-electron chi connectivity index (χ1n) is 8.89. The van der Waals surface area contributed by atoms with Gasteiger partial charge in [0.1, 0.15) is 5.69 Å². The monoisotopic (exact) mass is 339 g/mol. The van der Waals surface area contributed by atoms with Crippen LogP contribution in [0, 0.1) is 17.0 Å². The van der Waals surface area contributed by atoms with E-state index in [0.29, 0.717) is 12.6 Å². The minimum Gasteiger partial charge on any atom is -0.381 e. The number of anilines is 2. The standard InChI is InChI=1S/C20H25N3O2/c1-15-6-5-8-18(12-15)21-14-17-9-10-19(20(13-17)23(24)25)22-11-4-3-7-16(22)2/h5-6,8-10,12-13,16,21H,3-4,7,11,14H2,1-2H3. The predicted molar refractivity (Wildman–Crippen MR) is 102 cm³/mol.